The smallest absolute Gasteiger partial charge is 0.306 e. The molecule has 0 aromatic heterocycles. The van der Waals surface area contributed by atoms with Crippen LogP contribution in [-0.2, 0) is 38.0 Å². The summed E-state index contributed by atoms with van der Waals surface area (Å²) in [5, 5.41) is 72.2. The van der Waals surface area contributed by atoms with Gasteiger partial charge in [-0.1, -0.05) is 148 Å². The Morgan fingerprint density at radius 2 is 0.811 bits per heavy atom. The number of aliphatic hydroxyl groups is 7. The summed E-state index contributed by atoms with van der Waals surface area (Å²) in [6.45, 7) is 2.27. The Labute approximate surface area is 442 Å². The average molecular weight is 1040 g/mol. The third-order valence-corrected chi connectivity index (χ3v) is 11.9. The molecule has 0 aliphatic carbocycles. The van der Waals surface area contributed by atoms with Gasteiger partial charge in [-0.3, -0.25) is 9.59 Å². The van der Waals surface area contributed by atoms with E-state index >= 15 is 0 Å². The fourth-order valence-electron chi connectivity index (χ4n) is 7.56. The molecule has 0 spiro atoms. The van der Waals surface area contributed by atoms with E-state index in [1.54, 1.807) is 0 Å². The number of esters is 2. The summed E-state index contributed by atoms with van der Waals surface area (Å²) in [6.07, 6.45) is 42.2. The molecule has 2 saturated heterocycles. The van der Waals surface area contributed by atoms with Crippen molar-refractivity contribution < 1.29 is 73.8 Å². The average Bonchev–Trinajstić information content (AvgIpc) is 3.39. The Bertz CT molecular complexity index is 1750. The molecule has 15 nitrogen and oxygen atoms in total. The van der Waals surface area contributed by atoms with Crippen LogP contribution in [0.3, 0.4) is 0 Å². The van der Waals surface area contributed by atoms with E-state index in [1.165, 1.54) is 0 Å². The molecular formula is C59H92O15. The second kappa shape index (κ2) is 44.1. The van der Waals surface area contributed by atoms with Crippen LogP contribution in [-0.4, -0.2) is 142 Å². The van der Waals surface area contributed by atoms with Gasteiger partial charge in [0.15, 0.2) is 18.7 Å². The zero-order chi connectivity index (χ0) is 53.9. The molecule has 15 heteroatoms. The maximum absolute atomic E-state index is 13.0. The fourth-order valence-corrected chi connectivity index (χ4v) is 7.56. The Balaban J connectivity index is 1.83. The Hall–Kier alpha value is -4.10. The van der Waals surface area contributed by atoms with Crippen LogP contribution in [0.4, 0.5) is 0 Å². The van der Waals surface area contributed by atoms with E-state index in [9.17, 15) is 45.3 Å². The summed E-state index contributed by atoms with van der Waals surface area (Å²) >= 11 is 0. The van der Waals surface area contributed by atoms with Gasteiger partial charge in [0.05, 0.1) is 19.8 Å². The largest absolute Gasteiger partial charge is 0.462 e. The number of hydrogen-bond acceptors (Lipinski definition) is 15. The van der Waals surface area contributed by atoms with Gasteiger partial charge in [-0.2, -0.15) is 0 Å². The lowest BCUT2D eigenvalue weighted by Gasteiger charge is -2.42. The lowest BCUT2D eigenvalue weighted by molar-refractivity contribution is -0.332. The van der Waals surface area contributed by atoms with E-state index in [0.29, 0.717) is 12.8 Å². The van der Waals surface area contributed by atoms with Crippen molar-refractivity contribution in [2.45, 2.75) is 210 Å². The predicted molar refractivity (Wildman–Crippen MR) is 288 cm³/mol. The number of unbranched alkanes of at least 4 members (excludes halogenated alkanes) is 6. The van der Waals surface area contributed by atoms with Crippen LogP contribution in [0.15, 0.2) is 122 Å². The molecule has 0 bridgehead atoms. The van der Waals surface area contributed by atoms with Crippen LogP contribution in [0.2, 0.25) is 0 Å². The van der Waals surface area contributed by atoms with Crippen molar-refractivity contribution in [2.75, 3.05) is 26.4 Å². The van der Waals surface area contributed by atoms with Gasteiger partial charge in [0.25, 0.3) is 0 Å². The van der Waals surface area contributed by atoms with Crippen molar-refractivity contribution >= 4 is 11.9 Å². The first-order chi connectivity index (χ1) is 36.0. The first-order valence-electron chi connectivity index (χ1n) is 27.1. The van der Waals surface area contributed by atoms with Gasteiger partial charge < -0.3 is 64.2 Å². The molecule has 418 valence electrons. The second-order valence-electron chi connectivity index (χ2n) is 18.3. The third kappa shape index (κ3) is 31.1. The highest BCUT2D eigenvalue weighted by molar-refractivity contribution is 5.70. The highest BCUT2D eigenvalue weighted by Gasteiger charge is 2.47. The molecule has 11 atom stereocenters. The number of rotatable bonds is 40. The van der Waals surface area contributed by atoms with Crippen molar-refractivity contribution in [1.82, 2.24) is 0 Å². The van der Waals surface area contributed by atoms with Crippen molar-refractivity contribution in [3.8, 4) is 0 Å². The summed E-state index contributed by atoms with van der Waals surface area (Å²) in [6, 6.07) is 0. The maximum atomic E-state index is 13.0. The molecule has 2 rings (SSSR count). The number of carbonyl (C=O) groups excluding carboxylic acids is 2. The first kappa shape index (κ1) is 66.0. The van der Waals surface area contributed by atoms with Crippen LogP contribution in [0, 0.1) is 0 Å². The van der Waals surface area contributed by atoms with Crippen LogP contribution < -0.4 is 0 Å². The van der Waals surface area contributed by atoms with E-state index in [4.69, 9.17) is 28.4 Å². The molecule has 0 amide bonds. The quantitative estimate of drug-likeness (QED) is 0.0173. The molecule has 4 unspecified atom stereocenters. The predicted octanol–water partition coefficient (Wildman–Crippen LogP) is 8.49. The summed E-state index contributed by atoms with van der Waals surface area (Å²) < 4.78 is 33.6. The molecule has 0 radical (unpaired) electrons. The molecule has 0 aromatic carbocycles. The molecule has 2 aliphatic rings. The van der Waals surface area contributed by atoms with E-state index in [0.717, 1.165) is 103 Å². The topological polar surface area (TPSA) is 231 Å². The second-order valence-corrected chi connectivity index (χ2v) is 18.3. The fraction of sp³-hybridized carbons (Fsp3) is 0.627. The molecule has 2 aliphatic heterocycles. The van der Waals surface area contributed by atoms with Gasteiger partial charge in [-0.25, -0.2) is 0 Å². The normalized spacial score (nSPS) is 25.6. The Morgan fingerprint density at radius 3 is 1.24 bits per heavy atom. The van der Waals surface area contributed by atoms with Gasteiger partial charge in [0.2, 0.25) is 0 Å². The number of aliphatic hydroxyl groups excluding tert-OH is 7. The van der Waals surface area contributed by atoms with E-state index in [1.807, 2.05) is 0 Å². The minimum atomic E-state index is -1.79. The van der Waals surface area contributed by atoms with Crippen LogP contribution >= 0.6 is 0 Å². The van der Waals surface area contributed by atoms with Crippen molar-refractivity contribution in [2.24, 2.45) is 0 Å². The SMILES string of the molecule is CC/C=C/C/C=C/C/C=C/C/C=C/C/C=C/CCCCCC(=O)OC[C@@H](CO[C@@H]1O[C@H](CO[C@@H]2O[C@H](CO)[C@H](O)C(O)C2O)[C@H](O)C(O)C1O)OC(=O)CCCCC/C=C/C/C=C/C/C=C/C/C=C/C/C=C/CC. The van der Waals surface area contributed by atoms with Gasteiger partial charge in [-0.15, -0.1) is 0 Å². The highest BCUT2D eigenvalue weighted by atomic mass is 16.7. The molecule has 2 fully saturated rings. The monoisotopic (exact) mass is 1040 g/mol. The van der Waals surface area contributed by atoms with E-state index < -0.39 is 99.3 Å². The van der Waals surface area contributed by atoms with Crippen molar-refractivity contribution in [3.63, 3.8) is 0 Å². The highest BCUT2D eigenvalue weighted by Crippen LogP contribution is 2.26. The lowest BCUT2D eigenvalue weighted by atomic mass is 9.98. The van der Waals surface area contributed by atoms with Gasteiger partial charge in [0, 0.05) is 12.8 Å². The van der Waals surface area contributed by atoms with Gasteiger partial charge in [-0.05, 0) is 103 Å². The summed E-state index contributed by atoms with van der Waals surface area (Å²) in [5.41, 5.74) is 0. The van der Waals surface area contributed by atoms with E-state index in [2.05, 4.69) is 135 Å². The maximum Gasteiger partial charge on any atom is 0.306 e. The molecular weight excluding hydrogens is 949 g/mol. The first-order valence-corrected chi connectivity index (χ1v) is 27.1. The third-order valence-electron chi connectivity index (χ3n) is 11.9. The minimum Gasteiger partial charge on any atom is -0.462 e. The number of ether oxygens (including phenoxy) is 6. The summed E-state index contributed by atoms with van der Waals surface area (Å²) in [4.78, 5) is 25.8. The molecule has 0 saturated carbocycles. The standard InChI is InChI=1S/C59H92O15/c1-3-5-7-9-11-13-15-17-19-21-23-25-27-29-31-33-35-37-39-41-50(61)69-44-47(72-51(62)42-40-38-36-34-32-30-28-26-24-22-20-18-16-14-12-10-8-6-4-2)45-70-58-57(68)55(66)53(64)49(74-58)46-71-59-56(67)54(65)52(63)48(43-60)73-59/h5-8,11-14,17-20,23-26,29-32,47-49,52-60,63-68H,3-4,9-10,15-16,21-22,27-28,33-46H2,1-2H3/b7-5+,8-6+,13-11+,14-12+,19-17+,20-18+,25-23+,26-24+,31-29+,32-30+/t47-,48+,49+,52-,53-,54?,55?,56?,57?,58+,59+/m0/s1. The summed E-state index contributed by atoms with van der Waals surface area (Å²) in [7, 11) is 0. The molecule has 0 aromatic rings. The molecule has 2 heterocycles. The molecule has 74 heavy (non-hydrogen) atoms. The Kier molecular flexibility index (Phi) is 39.3. The number of carbonyl (C=O) groups is 2. The lowest BCUT2D eigenvalue weighted by Crippen LogP contribution is -2.61. The zero-order valence-electron chi connectivity index (χ0n) is 44.3. The van der Waals surface area contributed by atoms with Gasteiger partial charge in [0.1, 0.15) is 55.4 Å². The van der Waals surface area contributed by atoms with Crippen molar-refractivity contribution in [1.29, 1.82) is 0 Å². The van der Waals surface area contributed by atoms with Crippen LogP contribution in [0.1, 0.15) is 142 Å². The zero-order valence-corrected chi connectivity index (χ0v) is 44.3. The van der Waals surface area contributed by atoms with Gasteiger partial charge >= 0.3 is 11.9 Å². The summed E-state index contributed by atoms with van der Waals surface area (Å²) in [5.74, 6) is -1.01. The van der Waals surface area contributed by atoms with Crippen LogP contribution in [0.25, 0.3) is 0 Å². The van der Waals surface area contributed by atoms with E-state index in [-0.39, 0.29) is 19.4 Å². The number of hydrogen-bond donors (Lipinski definition) is 7. The Morgan fingerprint density at radius 1 is 0.432 bits per heavy atom. The van der Waals surface area contributed by atoms with Crippen LogP contribution in [0.5, 0.6) is 0 Å². The van der Waals surface area contributed by atoms with Crippen molar-refractivity contribution in [3.05, 3.63) is 122 Å². The number of allylic oxidation sites excluding steroid dienone is 20. The molecule has 7 N–H and O–H groups in total. The minimum absolute atomic E-state index is 0.110.